The Labute approximate surface area is 66.6 Å². The maximum absolute atomic E-state index is 10.9. The van der Waals surface area contributed by atoms with Gasteiger partial charge in [-0.2, -0.15) is 5.26 Å². The first-order valence-corrected chi connectivity index (χ1v) is 4.61. The van der Waals surface area contributed by atoms with Gasteiger partial charge in [0.2, 0.25) is 10.0 Å². The second-order valence-electron chi connectivity index (χ2n) is 2.25. The highest BCUT2D eigenvalue weighted by Crippen LogP contribution is 1.89. The molecule has 0 saturated carbocycles. The van der Waals surface area contributed by atoms with Crippen LogP contribution in [0.4, 0.5) is 0 Å². The Hall–Kier alpha value is -0.860. The van der Waals surface area contributed by atoms with Crippen molar-refractivity contribution in [3.63, 3.8) is 0 Å². The standard InChI is InChI=1S/C6H10N2O2S/c1-6(2)8-11(9,10)5-3-4-7/h3,5-6,8H,1-2H3/b5-3-. The summed E-state index contributed by atoms with van der Waals surface area (Å²) in [5.41, 5.74) is 0. The molecule has 0 aromatic heterocycles. The van der Waals surface area contributed by atoms with Crippen molar-refractivity contribution in [2.75, 3.05) is 0 Å². The summed E-state index contributed by atoms with van der Waals surface area (Å²) in [5, 5.41) is 8.87. The minimum atomic E-state index is -3.40. The van der Waals surface area contributed by atoms with Crippen molar-refractivity contribution in [2.24, 2.45) is 0 Å². The molecule has 1 N–H and O–H groups in total. The quantitative estimate of drug-likeness (QED) is 0.628. The van der Waals surface area contributed by atoms with Gasteiger partial charge in [-0.05, 0) is 13.8 Å². The first-order chi connectivity index (χ1) is 4.98. The van der Waals surface area contributed by atoms with Crippen molar-refractivity contribution >= 4 is 10.0 Å². The van der Waals surface area contributed by atoms with Crippen LogP contribution in [0.1, 0.15) is 13.8 Å². The molecule has 0 spiro atoms. The van der Waals surface area contributed by atoms with Crippen LogP contribution in [-0.4, -0.2) is 14.5 Å². The highest BCUT2D eigenvalue weighted by atomic mass is 32.2. The van der Waals surface area contributed by atoms with Crippen LogP contribution in [0.5, 0.6) is 0 Å². The van der Waals surface area contributed by atoms with Crippen molar-refractivity contribution in [1.82, 2.24) is 4.72 Å². The molecule has 0 aliphatic heterocycles. The maximum atomic E-state index is 10.9. The van der Waals surface area contributed by atoms with Crippen LogP contribution in [0.2, 0.25) is 0 Å². The molecule has 0 aromatic carbocycles. The number of sulfonamides is 1. The van der Waals surface area contributed by atoms with Gasteiger partial charge in [0.05, 0.1) is 11.5 Å². The van der Waals surface area contributed by atoms with Gasteiger partial charge in [-0.25, -0.2) is 13.1 Å². The third kappa shape index (κ3) is 5.58. The van der Waals surface area contributed by atoms with Crippen molar-refractivity contribution in [3.8, 4) is 6.07 Å². The van der Waals surface area contributed by atoms with Crippen LogP contribution < -0.4 is 4.72 Å². The van der Waals surface area contributed by atoms with Gasteiger partial charge in [0.25, 0.3) is 0 Å². The van der Waals surface area contributed by atoms with E-state index in [9.17, 15) is 8.42 Å². The van der Waals surface area contributed by atoms with Gasteiger partial charge >= 0.3 is 0 Å². The van der Waals surface area contributed by atoms with E-state index in [1.807, 2.05) is 0 Å². The fraction of sp³-hybridized carbons (Fsp3) is 0.500. The molecule has 0 amide bonds. The molecule has 11 heavy (non-hydrogen) atoms. The lowest BCUT2D eigenvalue weighted by atomic mass is 10.4. The number of hydrogen-bond acceptors (Lipinski definition) is 3. The van der Waals surface area contributed by atoms with Crippen LogP contribution in [0, 0.1) is 11.3 Å². The van der Waals surface area contributed by atoms with Crippen molar-refractivity contribution in [1.29, 1.82) is 5.26 Å². The highest BCUT2D eigenvalue weighted by molar-refractivity contribution is 7.92. The predicted octanol–water partition coefficient (Wildman–Crippen LogP) is 0.351. The minimum Gasteiger partial charge on any atom is -0.209 e. The fourth-order valence-corrected chi connectivity index (χ4v) is 1.46. The van der Waals surface area contributed by atoms with Gasteiger partial charge in [-0.1, -0.05) is 0 Å². The Morgan fingerprint density at radius 2 is 2.09 bits per heavy atom. The van der Waals surface area contributed by atoms with E-state index < -0.39 is 10.0 Å². The van der Waals surface area contributed by atoms with E-state index in [1.54, 1.807) is 19.9 Å². The van der Waals surface area contributed by atoms with Gasteiger partial charge in [0.15, 0.2) is 0 Å². The summed E-state index contributed by atoms with van der Waals surface area (Å²) in [5.74, 6) is 0. The molecule has 0 bridgehead atoms. The topological polar surface area (TPSA) is 70.0 Å². The van der Waals surface area contributed by atoms with Gasteiger partial charge in [0.1, 0.15) is 0 Å². The summed E-state index contributed by atoms with van der Waals surface area (Å²) in [6, 6.07) is 1.45. The van der Waals surface area contributed by atoms with Crippen molar-refractivity contribution < 1.29 is 8.42 Å². The second-order valence-corrected chi connectivity index (χ2v) is 3.85. The lowest BCUT2D eigenvalue weighted by Gasteiger charge is -2.03. The Balaban J connectivity index is 4.28. The Morgan fingerprint density at radius 1 is 1.55 bits per heavy atom. The largest absolute Gasteiger partial charge is 0.234 e. The summed E-state index contributed by atoms with van der Waals surface area (Å²) >= 11 is 0. The third-order valence-electron chi connectivity index (χ3n) is 0.722. The summed E-state index contributed by atoms with van der Waals surface area (Å²) in [6.07, 6.45) is 0.921. The lowest BCUT2D eigenvalue weighted by Crippen LogP contribution is -2.28. The average molecular weight is 174 g/mol. The zero-order valence-corrected chi connectivity index (χ0v) is 7.22. The third-order valence-corrected chi connectivity index (χ3v) is 2.02. The van der Waals surface area contributed by atoms with E-state index in [0.717, 1.165) is 11.5 Å². The van der Waals surface area contributed by atoms with E-state index in [0.29, 0.717) is 0 Å². The predicted molar refractivity (Wildman–Crippen MR) is 41.9 cm³/mol. The highest BCUT2D eigenvalue weighted by Gasteiger charge is 2.05. The van der Waals surface area contributed by atoms with E-state index in [4.69, 9.17) is 5.26 Å². The molecule has 0 aromatic rings. The molecule has 0 aliphatic carbocycles. The van der Waals surface area contributed by atoms with Gasteiger partial charge < -0.3 is 0 Å². The molecule has 62 valence electrons. The first kappa shape index (κ1) is 10.1. The van der Waals surface area contributed by atoms with Crippen LogP contribution in [0.15, 0.2) is 11.5 Å². The molecule has 0 saturated heterocycles. The molecule has 0 aliphatic rings. The molecule has 0 radical (unpaired) electrons. The first-order valence-electron chi connectivity index (χ1n) is 3.06. The van der Waals surface area contributed by atoms with Gasteiger partial charge in [-0.3, -0.25) is 0 Å². The lowest BCUT2D eigenvalue weighted by molar-refractivity contribution is 0.579. The minimum absolute atomic E-state index is 0.150. The number of allylic oxidation sites excluding steroid dienone is 1. The number of hydrogen-bond donors (Lipinski definition) is 1. The average Bonchev–Trinajstić information content (AvgIpc) is 1.81. The second kappa shape index (κ2) is 4.11. The SMILES string of the molecule is CC(C)NS(=O)(=O)/C=C\C#N. The van der Waals surface area contributed by atoms with Crippen LogP contribution >= 0.6 is 0 Å². The van der Waals surface area contributed by atoms with Crippen molar-refractivity contribution in [3.05, 3.63) is 11.5 Å². The Bertz CT molecular complexity index is 271. The summed E-state index contributed by atoms with van der Waals surface area (Å²) in [6.45, 7) is 3.41. The number of nitrogens with one attached hydrogen (secondary N) is 1. The van der Waals surface area contributed by atoms with Gasteiger partial charge in [0, 0.05) is 12.1 Å². The molecule has 0 unspecified atom stereocenters. The van der Waals surface area contributed by atoms with Gasteiger partial charge in [-0.15, -0.1) is 0 Å². The number of nitrogens with zero attached hydrogens (tertiary/aromatic N) is 1. The smallest absolute Gasteiger partial charge is 0.209 e. The Kier molecular flexibility index (Phi) is 3.79. The fourth-order valence-electron chi connectivity index (χ4n) is 0.488. The molecule has 4 nitrogen and oxygen atoms in total. The van der Waals surface area contributed by atoms with E-state index in [-0.39, 0.29) is 6.04 Å². The van der Waals surface area contributed by atoms with Crippen LogP contribution in [0.25, 0.3) is 0 Å². The zero-order chi connectivity index (χ0) is 8.91. The van der Waals surface area contributed by atoms with E-state index >= 15 is 0 Å². The number of nitriles is 1. The molecular weight excluding hydrogens is 164 g/mol. The van der Waals surface area contributed by atoms with E-state index in [1.165, 1.54) is 0 Å². The molecule has 0 atom stereocenters. The maximum Gasteiger partial charge on any atom is 0.234 e. The molecule has 0 fully saturated rings. The molecular formula is C6H10N2O2S. The van der Waals surface area contributed by atoms with Crippen LogP contribution in [0.3, 0.4) is 0 Å². The normalized spacial score (nSPS) is 12.2. The molecule has 0 rings (SSSR count). The zero-order valence-electron chi connectivity index (χ0n) is 6.40. The molecule has 5 heteroatoms. The monoisotopic (exact) mass is 174 g/mol. The summed E-state index contributed by atoms with van der Waals surface area (Å²) in [7, 11) is -3.40. The summed E-state index contributed by atoms with van der Waals surface area (Å²) < 4.78 is 24.0. The summed E-state index contributed by atoms with van der Waals surface area (Å²) in [4.78, 5) is 0. The molecule has 0 heterocycles. The Morgan fingerprint density at radius 3 is 2.45 bits per heavy atom. The van der Waals surface area contributed by atoms with Crippen molar-refractivity contribution in [2.45, 2.75) is 19.9 Å². The number of rotatable bonds is 3. The van der Waals surface area contributed by atoms with E-state index in [2.05, 4.69) is 4.72 Å². The van der Waals surface area contributed by atoms with Crippen LogP contribution in [-0.2, 0) is 10.0 Å².